The second-order valence-electron chi connectivity index (χ2n) is 6.94. The van der Waals surface area contributed by atoms with E-state index in [2.05, 4.69) is 62.7 Å². The quantitative estimate of drug-likeness (QED) is 0.369. The first-order valence-electron chi connectivity index (χ1n) is 11.7. The molecule has 1 heterocycles. The Morgan fingerprint density at radius 1 is 0.909 bits per heavy atom. The summed E-state index contributed by atoms with van der Waals surface area (Å²) in [5, 5.41) is 3.28. The van der Waals surface area contributed by atoms with Crippen LogP contribution in [-0.2, 0) is 6.42 Å². The number of aryl methyl sites for hydroxylation is 2. The Morgan fingerprint density at radius 3 is 1.85 bits per heavy atom. The number of carbonyl (C=O) groups is 1. The summed E-state index contributed by atoms with van der Waals surface area (Å²) in [5.74, 6) is 0.0698. The molecular formula is C30H41NOS. The van der Waals surface area contributed by atoms with Gasteiger partial charge in [0, 0.05) is 21.8 Å². The average molecular weight is 464 g/mol. The van der Waals surface area contributed by atoms with Gasteiger partial charge in [0.15, 0.2) is 5.78 Å². The van der Waals surface area contributed by atoms with Crippen molar-refractivity contribution in [3.05, 3.63) is 100 Å². The third-order valence-electron chi connectivity index (χ3n) is 4.51. The zero-order valence-corrected chi connectivity index (χ0v) is 22.5. The topological polar surface area (TPSA) is 29.1 Å². The van der Waals surface area contributed by atoms with Gasteiger partial charge in [-0.15, -0.1) is 11.3 Å². The molecule has 0 aliphatic heterocycles. The van der Waals surface area contributed by atoms with Crippen LogP contribution >= 0.6 is 11.3 Å². The maximum absolute atomic E-state index is 11.3. The van der Waals surface area contributed by atoms with E-state index in [1.165, 1.54) is 16.0 Å². The number of hydrogen-bond acceptors (Lipinski definition) is 3. The molecule has 0 bridgehead atoms. The summed E-state index contributed by atoms with van der Waals surface area (Å²) in [6.07, 6.45) is 1.14. The molecular weight excluding hydrogens is 422 g/mol. The van der Waals surface area contributed by atoms with E-state index in [0.717, 1.165) is 28.3 Å². The SMILES string of the molecule is C=C(Nc1ccc(C(C)=O)cc1)c1cc(C(=C)C)c(C)s1.CC.CC.CCc1ccccc1. The number of rotatable bonds is 6. The fourth-order valence-electron chi connectivity index (χ4n) is 2.79. The molecule has 3 heteroatoms. The van der Waals surface area contributed by atoms with Gasteiger partial charge >= 0.3 is 0 Å². The zero-order valence-electron chi connectivity index (χ0n) is 21.7. The Labute approximate surface area is 206 Å². The van der Waals surface area contributed by atoms with Gasteiger partial charge in [0.25, 0.3) is 0 Å². The van der Waals surface area contributed by atoms with Crippen molar-refractivity contribution in [3.8, 4) is 0 Å². The van der Waals surface area contributed by atoms with E-state index in [0.29, 0.717) is 5.56 Å². The number of anilines is 1. The average Bonchev–Trinajstić information content (AvgIpc) is 3.25. The maximum Gasteiger partial charge on any atom is 0.159 e. The third-order valence-corrected chi connectivity index (χ3v) is 5.62. The minimum absolute atomic E-state index is 0.0698. The van der Waals surface area contributed by atoms with Crippen LogP contribution in [0.4, 0.5) is 5.69 Å². The number of Topliss-reactive ketones (excluding diaryl/α,β-unsaturated/α-hetero) is 1. The fraction of sp³-hybridized carbons (Fsp3) is 0.300. The van der Waals surface area contributed by atoms with Crippen molar-refractivity contribution in [2.75, 3.05) is 5.32 Å². The van der Waals surface area contributed by atoms with Gasteiger partial charge in [-0.3, -0.25) is 4.79 Å². The van der Waals surface area contributed by atoms with Crippen LogP contribution in [0.25, 0.3) is 11.3 Å². The number of carbonyl (C=O) groups excluding carboxylic acids is 1. The van der Waals surface area contributed by atoms with Crippen LogP contribution in [0, 0.1) is 6.92 Å². The van der Waals surface area contributed by atoms with E-state index in [4.69, 9.17) is 0 Å². The summed E-state index contributed by atoms with van der Waals surface area (Å²) in [5.41, 5.74) is 6.15. The number of nitrogens with one attached hydrogen (secondary N) is 1. The monoisotopic (exact) mass is 463 g/mol. The van der Waals surface area contributed by atoms with Gasteiger partial charge in [0.2, 0.25) is 0 Å². The van der Waals surface area contributed by atoms with Crippen LogP contribution in [0.3, 0.4) is 0 Å². The van der Waals surface area contributed by atoms with Crippen LogP contribution in [0.5, 0.6) is 0 Å². The molecule has 3 aromatic rings. The predicted molar refractivity (Wildman–Crippen MR) is 151 cm³/mol. The van der Waals surface area contributed by atoms with Crippen molar-refractivity contribution in [2.24, 2.45) is 0 Å². The standard InChI is InChI=1S/C18H19NOS.C8H10.2C2H6/c1-11(2)17-10-18(21-14(17)5)12(3)19-16-8-6-15(7-9-16)13(4)20;1-2-8-6-4-3-5-7-8;2*1-2/h6-10,19H,1,3H2,2,4-5H3;3-7H,2H2,1H3;2*1-2H3. The van der Waals surface area contributed by atoms with Gasteiger partial charge in [0.1, 0.15) is 0 Å². The van der Waals surface area contributed by atoms with E-state index >= 15 is 0 Å². The van der Waals surface area contributed by atoms with Gasteiger partial charge in [-0.2, -0.15) is 0 Å². The summed E-state index contributed by atoms with van der Waals surface area (Å²) in [7, 11) is 0. The van der Waals surface area contributed by atoms with Crippen molar-refractivity contribution in [3.63, 3.8) is 0 Å². The van der Waals surface area contributed by atoms with Gasteiger partial charge in [-0.1, -0.05) is 78.1 Å². The Morgan fingerprint density at radius 2 is 1.45 bits per heavy atom. The first-order valence-corrected chi connectivity index (χ1v) is 12.5. The van der Waals surface area contributed by atoms with Crippen molar-refractivity contribution < 1.29 is 4.79 Å². The number of thiophene rings is 1. The largest absolute Gasteiger partial charge is 0.355 e. The Balaban J connectivity index is 0.000000710. The Hall–Kier alpha value is -2.91. The molecule has 0 saturated heterocycles. The van der Waals surface area contributed by atoms with Gasteiger partial charge in [-0.05, 0) is 74.2 Å². The molecule has 178 valence electrons. The first kappa shape index (κ1) is 30.1. The highest BCUT2D eigenvalue weighted by Gasteiger charge is 2.09. The molecule has 1 aromatic heterocycles. The van der Waals surface area contributed by atoms with Crippen LogP contribution < -0.4 is 5.32 Å². The zero-order chi connectivity index (χ0) is 25.4. The van der Waals surface area contributed by atoms with Crippen LogP contribution in [0.15, 0.2) is 73.8 Å². The molecule has 0 amide bonds. The van der Waals surface area contributed by atoms with E-state index < -0.39 is 0 Å². The second-order valence-corrected chi connectivity index (χ2v) is 8.19. The molecule has 0 fully saturated rings. The number of allylic oxidation sites excluding steroid dienone is 1. The lowest BCUT2D eigenvalue weighted by Crippen LogP contribution is -1.97. The molecule has 1 N–H and O–H groups in total. The third kappa shape index (κ3) is 10.5. The minimum atomic E-state index is 0.0698. The maximum atomic E-state index is 11.3. The summed E-state index contributed by atoms with van der Waals surface area (Å²) in [6.45, 7) is 23.9. The van der Waals surface area contributed by atoms with Crippen LogP contribution in [0.2, 0.25) is 0 Å². The van der Waals surface area contributed by atoms with Crippen LogP contribution in [-0.4, -0.2) is 5.78 Å². The molecule has 0 spiro atoms. The lowest BCUT2D eigenvalue weighted by atomic mass is 10.1. The minimum Gasteiger partial charge on any atom is -0.355 e. The molecule has 0 radical (unpaired) electrons. The molecule has 33 heavy (non-hydrogen) atoms. The summed E-state index contributed by atoms with van der Waals surface area (Å²) >= 11 is 1.70. The summed E-state index contributed by atoms with van der Waals surface area (Å²) in [6, 6.07) is 20.0. The molecule has 0 saturated carbocycles. The number of benzene rings is 2. The van der Waals surface area contributed by atoms with Crippen LogP contribution in [0.1, 0.15) is 79.7 Å². The van der Waals surface area contributed by atoms with Crippen molar-refractivity contribution in [1.82, 2.24) is 0 Å². The van der Waals surface area contributed by atoms with E-state index in [1.807, 2.05) is 65.0 Å². The van der Waals surface area contributed by atoms with E-state index in [1.54, 1.807) is 18.3 Å². The van der Waals surface area contributed by atoms with Crippen molar-refractivity contribution in [1.29, 1.82) is 0 Å². The number of hydrogen-bond donors (Lipinski definition) is 1. The highest BCUT2D eigenvalue weighted by Crippen LogP contribution is 2.31. The van der Waals surface area contributed by atoms with Gasteiger partial charge in [0.05, 0.1) is 4.88 Å². The molecule has 0 aliphatic rings. The number of ketones is 1. The summed E-state index contributed by atoms with van der Waals surface area (Å²) in [4.78, 5) is 13.6. The van der Waals surface area contributed by atoms with E-state index in [9.17, 15) is 4.79 Å². The molecule has 0 atom stereocenters. The Kier molecular flexibility index (Phi) is 15.2. The second kappa shape index (κ2) is 16.7. The summed E-state index contributed by atoms with van der Waals surface area (Å²) < 4.78 is 0. The highest BCUT2D eigenvalue weighted by molar-refractivity contribution is 7.13. The van der Waals surface area contributed by atoms with Gasteiger partial charge in [-0.25, -0.2) is 0 Å². The fourth-order valence-corrected chi connectivity index (χ4v) is 3.82. The molecule has 2 aromatic carbocycles. The lowest BCUT2D eigenvalue weighted by Gasteiger charge is -2.08. The highest BCUT2D eigenvalue weighted by atomic mass is 32.1. The van der Waals surface area contributed by atoms with Crippen molar-refractivity contribution in [2.45, 2.75) is 61.8 Å². The Bertz CT molecular complexity index is 982. The molecule has 3 rings (SSSR count). The molecule has 2 nitrogen and oxygen atoms in total. The van der Waals surface area contributed by atoms with E-state index in [-0.39, 0.29) is 5.78 Å². The molecule has 0 aliphatic carbocycles. The first-order chi connectivity index (χ1) is 15.8. The smallest absolute Gasteiger partial charge is 0.159 e. The molecule has 0 unspecified atom stereocenters. The predicted octanol–water partition coefficient (Wildman–Crippen LogP) is 9.68. The van der Waals surface area contributed by atoms with Crippen molar-refractivity contribution >= 4 is 34.1 Å². The normalized spacial score (nSPS) is 9.09. The lowest BCUT2D eigenvalue weighted by molar-refractivity contribution is 0.101. The van der Waals surface area contributed by atoms with Gasteiger partial charge < -0.3 is 5.32 Å².